The van der Waals surface area contributed by atoms with Gasteiger partial charge in [-0.3, -0.25) is 4.79 Å². The fourth-order valence-electron chi connectivity index (χ4n) is 3.04. The SMILES string of the molecule is CNCCOc1ccc(C(C)C(=O)C(C)c2ccc(OCCNC)c(F)c2)cc1F. The second-order valence-electron chi connectivity index (χ2n) is 7.13. The Morgan fingerprint density at radius 1 is 0.833 bits per heavy atom. The monoisotopic (exact) mass is 420 g/mol. The van der Waals surface area contributed by atoms with Gasteiger partial charge in [0, 0.05) is 24.9 Å². The zero-order chi connectivity index (χ0) is 22.1. The summed E-state index contributed by atoms with van der Waals surface area (Å²) in [6.07, 6.45) is 0. The van der Waals surface area contributed by atoms with Gasteiger partial charge in [-0.05, 0) is 49.5 Å². The summed E-state index contributed by atoms with van der Waals surface area (Å²) in [6, 6.07) is 9.09. The van der Waals surface area contributed by atoms with E-state index in [9.17, 15) is 13.6 Å². The number of likely N-dealkylation sites (N-methyl/N-ethyl adjacent to an activating group) is 2. The molecule has 0 radical (unpaired) electrons. The molecule has 0 aliphatic carbocycles. The number of nitrogens with one attached hydrogen (secondary N) is 2. The van der Waals surface area contributed by atoms with Crippen molar-refractivity contribution in [2.45, 2.75) is 25.7 Å². The Morgan fingerprint density at radius 3 is 1.57 bits per heavy atom. The highest BCUT2D eigenvalue weighted by molar-refractivity contribution is 5.91. The molecule has 2 unspecified atom stereocenters. The zero-order valence-electron chi connectivity index (χ0n) is 17.9. The van der Waals surface area contributed by atoms with Crippen LogP contribution in [0, 0.1) is 11.6 Å². The molecule has 5 nitrogen and oxygen atoms in total. The molecular formula is C23H30F2N2O3. The number of carbonyl (C=O) groups is 1. The second kappa shape index (κ2) is 11.6. The maximum atomic E-state index is 14.3. The first-order valence-electron chi connectivity index (χ1n) is 10.1. The third kappa shape index (κ3) is 6.24. The van der Waals surface area contributed by atoms with E-state index < -0.39 is 23.5 Å². The number of ether oxygens (including phenoxy) is 2. The summed E-state index contributed by atoms with van der Waals surface area (Å²) in [4.78, 5) is 12.9. The van der Waals surface area contributed by atoms with Crippen molar-refractivity contribution in [3.63, 3.8) is 0 Å². The van der Waals surface area contributed by atoms with Gasteiger partial charge in [0.1, 0.15) is 19.0 Å². The van der Waals surface area contributed by atoms with Gasteiger partial charge >= 0.3 is 0 Å². The van der Waals surface area contributed by atoms with Crippen LogP contribution in [0.4, 0.5) is 8.78 Å². The number of carbonyl (C=O) groups excluding carboxylic acids is 1. The van der Waals surface area contributed by atoms with Gasteiger partial charge in [0.05, 0.1) is 0 Å². The number of benzene rings is 2. The Kier molecular flexibility index (Phi) is 9.20. The van der Waals surface area contributed by atoms with Crippen LogP contribution in [0.2, 0.25) is 0 Å². The van der Waals surface area contributed by atoms with Crippen molar-refractivity contribution in [3.05, 3.63) is 59.2 Å². The first kappa shape index (κ1) is 23.8. The van der Waals surface area contributed by atoms with E-state index >= 15 is 0 Å². The Morgan fingerprint density at radius 2 is 1.23 bits per heavy atom. The number of rotatable bonds is 12. The first-order valence-corrected chi connectivity index (χ1v) is 10.1. The number of ketones is 1. The summed E-state index contributed by atoms with van der Waals surface area (Å²) >= 11 is 0. The van der Waals surface area contributed by atoms with E-state index in [1.54, 1.807) is 40.1 Å². The Labute approximate surface area is 176 Å². The van der Waals surface area contributed by atoms with Crippen molar-refractivity contribution in [2.24, 2.45) is 0 Å². The minimum absolute atomic E-state index is 0.124. The summed E-state index contributed by atoms with van der Waals surface area (Å²) in [7, 11) is 3.57. The van der Waals surface area contributed by atoms with Crippen LogP contribution in [0.3, 0.4) is 0 Å². The average molecular weight is 421 g/mol. The molecule has 2 aromatic rings. The maximum Gasteiger partial charge on any atom is 0.165 e. The number of hydrogen-bond donors (Lipinski definition) is 2. The number of Topliss-reactive ketones (excluding diaryl/α,β-unsaturated/α-hetero) is 1. The Bertz CT molecular complexity index is 778. The highest BCUT2D eigenvalue weighted by atomic mass is 19.1. The first-order chi connectivity index (χ1) is 14.4. The molecule has 0 aliphatic rings. The van der Waals surface area contributed by atoms with E-state index in [-0.39, 0.29) is 17.3 Å². The van der Waals surface area contributed by atoms with E-state index in [1.807, 2.05) is 0 Å². The van der Waals surface area contributed by atoms with Gasteiger partial charge in [-0.25, -0.2) is 8.78 Å². The third-order valence-electron chi connectivity index (χ3n) is 4.98. The van der Waals surface area contributed by atoms with E-state index in [0.717, 1.165) is 0 Å². The summed E-state index contributed by atoms with van der Waals surface area (Å²) in [5.41, 5.74) is 1.11. The van der Waals surface area contributed by atoms with Gasteiger partial charge in [0.15, 0.2) is 23.1 Å². The van der Waals surface area contributed by atoms with Gasteiger partial charge in [0.25, 0.3) is 0 Å². The molecule has 0 saturated carbocycles. The lowest BCUT2D eigenvalue weighted by molar-refractivity contribution is -0.121. The smallest absolute Gasteiger partial charge is 0.165 e. The van der Waals surface area contributed by atoms with Gasteiger partial charge in [0.2, 0.25) is 0 Å². The molecule has 0 fully saturated rings. The molecule has 0 bridgehead atoms. The summed E-state index contributed by atoms with van der Waals surface area (Å²) in [6.45, 7) is 5.34. The van der Waals surface area contributed by atoms with Gasteiger partial charge in [-0.15, -0.1) is 0 Å². The van der Waals surface area contributed by atoms with Gasteiger partial charge < -0.3 is 20.1 Å². The van der Waals surface area contributed by atoms with E-state index in [0.29, 0.717) is 37.4 Å². The Balaban J connectivity index is 2.08. The van der Waals surface area contributed by atoms with Crippen molar-refractivity contribution in [1.29, 1.82) is 0 Å². The predicted molar refractivity (Wildman–Crippen MR) is 113 cm³/mol. The second-order valence-corrected chi connectivity index (χ2v) is 7.13. The third-order valence-corrected chi connectivity index (χ3v) is 4.98. The molecular weight excluding hydrogens is 390 g/mol. The minimum Gasteiger partial charge on any atom is -0.489 e. The average Bonchev–Trinajstić information content (AvgIpc) is 2.74. The van der Waals surface area contributed by atoms with Crippen LogP contribution in [0.1, 0.15) is 36.8 Å². The maximum absolute atomic E-state index is 14.3. The van der Waals surface area contributed by atoms with Gasteiger partial charge in [-0.2, -0.15) is 0 Å². The molecule has 2 N–H and O–H groups in total. The molecule has 0 heterocycles. The standard InChI is InChI=1S/C23H30F2N2O3/c1-15(17-5-7-21(19(24)13-17)29-11-9-26-3)23(28)16(2)18-6-8-22(20(25)14-18)30-12-10-27-4/h5-8,13-16,26-27H,9-12H2,1-4H3. The highest BCUT2D eigenvalue weighted by Gasteiger charge is 2.24. The van der Waals surface area contributed by atoms with E-state index in [2.05, 4.69) is 10.6 Å². The van der Waals surface area contributed by atoms with Crippen LogP contribution in [0.25, 0.3) is 0 Å². The van der Waals surface area contributed by atoms with Crippen molar-refractivity contribution in [1.82, 2.24) is 10.6 Å². The van der Waals surface area contributed by atoms with Crippen LogP contribution in [-0.4, -0.2) is 46.2 Å². The summed E-state index contributed by atoms with van der Waals surface area (Å²) in [5.74, 6) is -1.93. The summed E-state index contributed by atoms with van der Waals surface area (Å²) < 4.78 is 39.4. The van der Waals surface area contributed by atoms with Crippen molar-refractivity contribution >= 4 is 5.78 Å². The quantitative estimate of drug-likeness (QED) is 0.514. The molecule has 0 spiro atoms. The van der Waals surface area contributed by atoms with E-state index in [1.165, 1.54) is 24.3 Å². The predicted octanol–water partition coefficient (Wildman–Crippen LogP) is 3.64. The Hall–Kier alpha value is -2.51. The largest absolute Gasteiger partial charge is 0.489 e. The van der Waals surface area contributed by atoms with Crippen LogP contribution in [-0.2, 0) is 4.79 Å². The molecule has 2 rings (SSSR count). The van der Waals surface area contributed by atoms with Crippen molar-refractivity contribution < 1.29 is 23.0 Å². The minimum atomic E-state index is -0.546. The zero-order valence-corrected chi connectivity index (χ0v) is 17.9. The van der Waals surface area contributed by atoms with E-state index in [4.69, 9.17) is 9.47 Å². The molecule has 0 aliphatic heterocycles. The molecule has 30 heavy (non-hydrogen) atoms. The molecule has 2 atom stereocenters. The highest BCUT2D eigenvalue weighted by Crippen LogP contribution is 2.30. The lowest BCUT2D eigenvalue weighted by atomic mass is 9.85. The van der Waals surface area contributed by atoms with Crippen LogP contribution in [0.5, 0.6) is 11.5 Å². The molecule has 7 heteroatoms. The van der Waals surface area contributed by atoms with Gasteiger partial charge in [-0.1, -0.05) is 26.0 Å². The molecule has 164 valence electrons. The topological polar surface area (TPSA) is 59.6 Å². The molecule has 0 amide bonds. The molecule has 0 saturated heterocycles. The number of hydrogen-bond acceptors (Lipinski definition) is 5. The fraction of sp³-hybridized carbons (Fsp3) is 0.435. The van der Waals surface area contributed by atoms with Crippen LogP contribution in [0.15, 0.2) is 36.4 Å². The fourth-order valence-corrected chi connectivity index (χ4v) is 3.04. The lowest BCUT2D eigenvalue weighted by Gasteiger charge is -2.18. The van der Waals surface area contributed by atoms with Crippen LogP contribution >= 0.6 is 0 Å². The molecule has 0 aromatic heterocycles. The lowest BCUT2D eigenvalue weighted by Crippen LogP contribution is -2.18. The summed E-state index contributed by atoms with van der Waals surface area (Å²) in [5, 5.41) is 5.84. The van der Waals surface area contributed by atoms with Crippen molar-refractivity contribution in [2.75, 3.05) is 40.4 Å². The van der Waals surface area contributed by atoms with Crippen molar-refractivity contribution in [3.8, 4) is 11.5 Å². The number of halogens is 2. The normalized spacial score (nSPS) is 13.0. The van der Waals surface area contributed by atoms with Crippen LogP contribution < -0.4 is 20.1 Å². The molecule has 2 aromatic carbocycles.